The van der Waals surface area contributed by atoms with E-state index in [0.29, 0.717) is 13.0 Å². The summed E-state index contributed by atoms with van der Waals surface area (Å²) in [5, 5.41) is 0. The van der Waals surface area contributed by atoms with E-state index in [2.05, 4.69) is 18.2 Å². The molecule has 23 heavy (non-hydrogen) atoms. The molecule has 0 fully saturated rings. The Bertz CT molecular complexity index is 456. The molecular formula is C17H28N2O4. The second kappa shape index (κ2) is 10.6. The van der Waals surface area contributed by atoms with Crippen LogP contribution in [-0.4, -0.2) is 42.6 Å². The summed E-state index contributed by atoms with van der Waals surface area (Å²) >= 11 is 0. The van der Waals surface area contributed by atoms with Crippen LogP contribution in [0.3, 0.4) is 0 Å². The van der Waals surface area contributed by atoms with Crippen molar-refractivity contribution in [3.05, 3.63) is 25.4 Å². The molecule has 0 bridgehead atoms. The highest BCUT2D eigenvalue weighted by Gasteiger charge is 2.25. The molecule has 0 aromatic carbocycles. The molecule has 1 atom stereocenters. The van der Waals surface area contributed by atoms with E-state index in [0.717, 1.165) is 5.71 Å². The van der Waals surface area contributed by atoms with Gasteiger partial charge in [-0.25, -0.2) is 4.79 Å². The van der Waals surface area contributed by atoms with Gasteiger partial charge in [0.05, 0.1) is 5.92 Å². The molecule has 0 aliphatic rings. The minimum atomic E-state index is -0.902. The molecule has 0 rings (SSSR count). The topological polar surface area (TPSA) is 68.2 Å². The molecule has 0 N–H and O–H groups in total. The fraction of sp³-hybridized carbons (Fsp3) is 0.588. The van der Waals surface area contributed by atoms with Gasteiger partial charge in [-0.1, -0.05) is 40.9 Å². The number of rotatable bonds is 9. The van der Waals surface area contributed by atoms with Crippen LogP contribution in [0.15, 0.2) is 30.4 Å². The maximum Gasteiger partial charge on any atom is 0.412 e. The average molecular weight is 324 g/mol. The molecule has 6 nitrogen and oxygen atoms in total. The zero-order valence-electron chi connectivity index (χ0n) is 14.7. The fourth-order valence-corrected chi connectivity index (χ4v) is 1.45. The van der Waals surface area contributed by atoms with Crippen LogP contribution in [0.25, 0.3) is 0 Å². The summed E-state index contributed by atoms with van der Waals surface area (Å²) in [7, 11) is 1.61. The molecule has 1 amide bonds. The van der Waals surface area contributed by atoms with Crippen LogP contribution in [0.5, 0.6) is 0 Å². The van der Waals surface area contributed by atoms with Crippen molar-refractivity contribution in [1.82, 2.24) is 4.90 Å². The van der Waals surface area contributed by atoms with Crippen molar-refractivity contribution in [2.45, 2.75) is 40.4 Å². The fourth-order valence-electron chi connectivity index (χ4n) is 1.45. The standard InChI is InChI=1S/C17H28N2O4/c1-8-14(18-9-2)10-11-19(7)17(21)23-16(13(5)6)22-15(20)12(3)4/h8-9,12-13,16H,1-2,10-11H2,3-7H3. The van der Waals surface area contributed by atoms with Gasteiger partial charge < -0.3 is 14.4 Å². The summed E-state index contributed by atoms with van der Waals surface area (Å²) in [5.41, 5.74) is 0.728. The number of esters is 1. The van der Waals surface area contributed by atoms with Crippen LogP contribution < -0.4 is 0 Å². The first-order valence-corrected chi connectivity index (χ1v) is 7.65. The maximum atomic E-state index is 12.1. The molecule has 0 aromatic rings. The van der Waals surface area contributed by atoms with Gasteiger partial charge in [0.15, 0.2) is 0 Å². The molecule has 1 unspecified atom stereocenters. The van der Waals surface area contributed by atoms with Crippen molar-refractivity contribution in [3.8, 4) is 0 Å². The van der Waals surface area contributed by atoms with Gasteiger partial charge in [0.25, 0.3) is 6.29 Å². The van der Waals surface area contributed by atoms with E-state index in [1.807, 2.05) is 13.8 Å². The van der Waals surface area contributed by atoms with Crippen molar-refractivity contribution in [2.75, 3.05) is 13.6 Å². The Labute approximate surface area is 138 Å². The maximum absolute atomic E-state index is 12.1. The number of hydrogen-bond acceptors (Lipinski definition) is 5. The number of carbonyl (C=O) groups is 2. The minimum Gasteiger partial charge on any atom is -0.425 e. The van der Waals surface area contributed by atoms with Crippen LogP contribution in [0, 0.1) is 11.8 Å². The lowest BCUT2D eigenvalue weighted by Crippen LogP contribution is -2.37. The zero-order valence-corrected chi connectivity index (χ0v) is 14.7. The highest BCUT2D eigenvalue weighted by molar-refractivity contribution is 5.95. The second-order valence-electron chi connectivity index (χ2n) is 5.77. The quantitative estimate of drug-likeness (QED) is 0.370. The van der Waals surface area contributed by atoms with Gasteiger partial charge in [0.1, 0.15) is 0 Å². The van der Waals surface area contributed by atoms with Gasteiger partial charge in [0.2, 0.25) is 0 Å². The minimum absolute atomic E-state index is 0.138. The molecule has 0 heterocycles. The molecule has 6 heteroatoms. The van der Waals surface area contributed by atoms with E-state index in [-0.39, 0.29) is 11.8 Å². The van der Waals surface area contributed by atoms with Crippen molar-refractivity contribution >= 4 is 17.8 Å². The van der Waals surface area contributed by atoms with Crippen molar-refractivity contribution < 1.29 is 19.1 Å². The highest BCUT2D eigenvalue weighted by atomic mass is 16.7. The Hall–Kier alpha value is -2.11. The third kappa shape index (κ3) is 8.18. The number of ether oxygens (including phenoxy) is 2. The Morgan fingerprint density at radius 2 is 1.78 bits per heavy atom. The third-order valence-corrected chi connectivity index (χ3v) is 2.97. The summed E-state index contributed by atoms with van der Waals surface area (Å²) in [5.74, 6) is -0.815. The zero-order chi connectivity index (χ0) is 18.0. The largest absolute Gasteiger partial charge is 0.425 e. The summed E-state index contributed by atoms with van der Waals surface area (Å²) in [6.07, 6.45) is 2.11. The smallest absolute Gasteiger partial charge is 0.412 e. The van der Waals surface area contributed by atoms with E-state index < -0.39 is 18.4 Å². The van der Waals surface area contributed by atoms with Crippen molar-refractivity contribution in [3.63, 3.8) is 0 Å². The number of hydrogen-bond donors (Lipinski definition) is 0. The number of carbonyl (C=O) groups excluding carboxylic acids is 2. The van der Waals surface area contributed by atoms with Gasteiger partial charge in [-0.2, -0.15) is 0 Å². The number of aliphatic imine (C=N–C) groups is 1. The molecule has 0 aromatic heterocycles. The predicted molar refractivity (Wildman–Crippen MR) is 91.1 cm³/mol. The first-order valence-electron chi connectivity index (χ1n) is 7.65. The molecule has 0 saturated heterocycles. The van der Waals surface area contributed by atoms with Crippen LogP contribution in [-0.2, 0) is 14.3 Å². The Morgan fingerprint density at radius 3 is 2.22 bits per heavy atom. The molecule has 0 spiro atoms. The molecular weight excluding hydrogens is 296 g/mol. The summed E-state index contributed by atoms with van der Waals surface area (Å²) < 4.78 is 10.5. The Morgan fingerprint density at radius 1 is 1.17 bits per heavy atom. The van der Waals surface area contributed by atoms with Gasteiger partial charge >= 0.3 is 12.1 Å². The summed E-state index contributed by atoms with van der Waals surface area (Å²) in [6, 6.07) is 0. The van der Waals surface area contributed by atoms with Gasteiger partial charge in [-0.3, -0.25) is 9.79 Å². The van der Waals surface area contributed by atoms with E-state index in [1.54, 1.807) is 27.0 Å². The lowest BCUT2D eigenvalue weighted by Gasteiger charge is -2.25. The number of amides is 1. The molecule has 0 saturated carbocycles. The molecule has 130 valence electrons. The molecule has 0 aliphatic carbocycles. The lowest BCUT2D eigenvalue weighted by molar-refractivity contribution is -0.180. The van der Waals surface area contributed by atoms with E-state index in [9.17, 15) is 9.59 Å². The lowest BCUT2D eigenvalue weighted by atomic mass is 10.2. The SMILES string of the molecule is C=CN=C(C=C)CCN(C)C(=O)OC(OC(=O)C(C)C)C(C)C. The van der Waals surface area contributed by atoms with Gasteiger partial charge in [-0.05, 0) is 6.08 Å². The predicted octanol–water partition coefficient (Wildman–Crippen LogP) is 3.40. The normalized spacial score (nSPS) is 12.7. The second-order valence-corrected chi connectivity index (χ2v) is 5.77. The number of nitrogens with zero attached hydrogens (tertiary/aromatic N) is 2. The van der Waals surface area contributed by atoms with E-state index >= 15 is 0 Å². The van der Waals surface area contributed by atoms with Gasteiger partial charge in [0, 0.05) is 37.8 Å². The van der Waals surface area contributed by atoms with Crippen LogP contribution in [0.4, 0.5) is 4.79 Å². The van der Waals surface area contributed by atoms with Crippen molar-refractivity contribution in [2.24, 2.45) is 16.8 Å². The molecule has 0 radical (unpaired) electrons. The highest BCUT2D eigenvalue weighted by Crippen LogP contribution is 2.13. The summed E-state index contributed by atoms with van der Waals surface area (Å²) in [4.78, 5) is 29.2. The van der Waals surface area contributed by atoms with Crippen LogP contribution >= 0.6 is 0 Å². The Kier molecular flexibility index (Phi) is 9.62. The first-order chi connectivity index (χ1) is 10.7. The van der Waals surface area contributed by atoms with Crippen LogP contribution in [0.1, 0.15) is 34.1 Å². The van der Waals surface area contributed by atoms with Crippen LogP contribution in [0.2, 0.25) is 0 Å². The first kappa shape index (κ1) is 20.9. The summed E-state index contributed by atoms with van der Waals surface area (Å²) in [6.45, 7) is 14.7. The van der Waals surface area contributed by atoms with Gasteiger partial charge in [-0.15, -0.1) is 0 Å². The molecule has 0 aliphatic heterocycles. The monoisotopic (exact) mass is 324 g/mol. The van der Waals surface area contributed by atoms with E-state index in [4.69, 9.17) is 9.47 Å². The van der Waals surface area contributed by atoms with Crippen molar-refractivity contribution in [1.29, 1.82) is 0 Å². The average Bonchev–Trinajstić information content (AvgIpc) is 2.49. The van der Waals surface area contributed by atoms with E-state index in [1.165, 1.54) is 11.1 Å². The number of allylic oxidation sites excluding steroid dienone is 1. The third-order valence-electron chi connectivity index (χ3n) is 2.97. The Balaban J connectivity index is 4.61.